The summed E-state index contributed by atoms with van der Waals surface area (Å²) in [6.07, 6.45) is 3.44. The van der Waals surface area contributed by atoms with Crippen LogP contribution in [-0.2, 0) is 4.74 Å². The lowest BCUT2D eigenvalue weighted by Crippen LogP contribution is -2.38. The standard InChI is InChI=1S/C13H17BrN2O2/c1-13(2,3)18-12(17)16(9-4-5-9)10-6-7-11(14)15-8-10/h6-9H,4-5H2,1-3H3. The topological polar surface area (TPSA) is 42.4 Å². The van der Waals surface area contributed by atoms with E-state index in [4.69, 9.17) is 4.74 Å². The summed E-state index contributed by atoms with van der Waals surface area (Å²) in [5, 5.41) is 0. The average Bonchev–Trinajstić information content (AvgIpc) is 3.03. The van der Waals surface area contributed by atoms with Crippen molar-refractivity contribution in [3.63, 3.8) is 0 Å². The zero-order valence-corrected chi connectivity index (χ0v) is 12.4. The SMILES string of the molecule is CC(C)(C)OC(=O)N(c1ccc(Br)nc1)C1CC1. The molecule has 1 aliphatic carbocycles. The molecule has 1 aromatic rings. The fraction of sp³-hybridized carbons (Fsp3) is 0.538. The van der Waals surface area contributed by atoms with E-state index < -0.39 is 5.60 Å². The summed E-state index contributed by atoms with van der Waals surface area (Å²) < 4.78 is 6.19. The van der Waals surface area contributed by atoms with Gasteiger partial charge in [0.05, 0.1) is 11.9 Å². The number of aromatic nitrogens is 1. The fourth-order valence-electron chi connectivity index (χ4n) is 1.62. The van der Waals surface area contributed by atoms with Gasteiger partial charge in [-0.3, -0.25) is 4.90 Å². The zero-order chi connectivity index (χ0) is 13.3. The number of nitrogens with zero attached hydrogens (tertiary/aromatic N) is 2. The highest BCUT2D eigenvalue weighted by Gasteiger charge is 2.36. The van der Waals surface area contributed by atoms with Gasteiger partial charge in [-0.15, -0.1) is 0 Å². The monoisotopic (exact) mass is 312 g/mol. The van der Waals surface area contributed by atoms with Gasteiger partial charge in [-0.25, -0.2) is 9.78 Å². The van der Waals surface area contributed by atoms with Crippen molar-refractivity contribution >= 4 is 27.7 Å². The quantitative estimate of drug-likeness (QED) is 0.781. The van der Waals surface area contributed by atoms with Crippen molar-refractivity contribution in [3.8, 4) is 0 Å². The van der Waals surface area contributed by atoms with Crippen molar-refractivity contribution in [3.05, 3.63) is 22.9 Å². The van der Waals surface area contributed by atoms with E-state index in [1.54, 1.807) is 11.1 Å². The number of carbonyl (C=O) groups is 1. The number of carbonyl (C=O) groups excluding carboxylic acids is 1. The molecule has 0 saturated heterocycles. The molecule has 18 heavy (non-hydrogen) atoms. The van der Waals surface area contributed by atoms with Crippen LogP contribution in [0.2, 0.25) is 0 Å². The number of amides is 1. The van der Waals surface area contributed by atoms with Crippen LogP contribution in [0.1, 0.15) is 33.6 Å². The van der Waals surface area contributed by atoms with E-state index in [1.807, 2.05) is 32.9 Å². The number of rotatable bonds is 2. The minimum atomic E-state index is -0.479. The van der Waals surface area contributed by atoms with Gasteiger partial charge in [0, 0.05) is 6.04 Å². The molecule has 0 N–H and O–H groups in total. The van der Waals surface area contributed by atoms with Gasteiger partial charge in [0.15, 0.2) is 0 Å². The van der Waals surface area contributed by atoms with E-state index in [9.17, 15) is 4.79 Å². The second-order valence-electron chi connectivity index (χ2n) is 5.42. The van der Waals surface area contributed by atoms with Gasteiger partial charge in [-0.05, 0) is 61.7 Å². The lowest BCUT2D eigenvalue weighted by Gasteiger charge is -2.27. The Bertz CT molecular complexity index is 435. The Morgan fingerprint density at radius 1 is 1.44 bits per heavy atom. The van der Waals surface area contributed by atoms with Crippen LogP contribution in [0.25, 0.3) is 0 Å². The van der Waals surface area contributed by atoms with Crippen molar-refractivity contribution in [2.75, 3.05) is 4.90 Å². The van der Waals surface area contributed by atoms with Crippen LogP contribution in [0.3, 0.4) is 0 Å². The highest BCUT2D eigenvalue weighted by Crippen LogP contribution is 2.33. The summed E-state index contributed by atoms with van der Waals surface area (Å²) >= 11 is 3.29. The smallest absolute Gasteiger partial charge is 0.415 e. The summed E-state index contributed by atoms with van der Waals surface area (Å²) in [4.78, 5) is 18.0. The van der Waals surface area contributed by atoms with Gasteiger partial charge in [0.2, 0.25) is 0 Å². The first-order valence-corrected chi connectivity index (χ1v) is 6.80. The molecule has 0 radical (unpaired) electrons. The molecule has 1 saturated carbocycles. The number of hydrogen-bond donors (Lipinski definition) is 0. The third-order valence-electron chi connectivity index (χ3n) is 2.49. The van der Waals surface area contributed by atoms with Crippen LogP contribution in [0, 0.1) is 0 Å². The predicted molar refractivity (Wildman–Crippen MR) is 73.7 cm³/mol. The molecule has 1 aliphatic rings. The number of anilines is 1. The third-order valence-corrected chi connectivity index (χ3v) is 2.96. The molecule has 0 bridgehead atoms. The third kappa shape index (κ3) is 3.45. The summed E-state index contributed by atoms with van der Waals surface area (Å²) in [5.74, 6) is 0. The molecule has 0 aromatic carbocycles. The molecule has 1 amide bonds. The van der Waals surface area contributed by atoms with Gasteiger partial charge in [-0.2, -0.15) is 0 Å². The van der Waals surface area contributed by atoms with Crippen LogP contribution in [0.4, 0.5) is 10.5 Å². The van der Waals surface area contributed by atoms with Crippen LogP contribution in [-0.4, -0.2) is 22.7 Å². The van der Waals surface area contributed by atoms with Gasteiger partial charge in [0.1, 0.15) is 10.2 Å². The molecule has 0 aliphatic heterocycles. The molecule has 5 heteroatoms. The Labute approximate surface area is 115 Å². The predicted octanol–water partition coefficient (Wildman–Crippen LogP) is 3.75. The maximum atomic E-state index is 12.2. The van der Waals surface area contributed by atoms with E-state index >= 15 is 0 Å². The zero-order valence-electron chi connectivity index (χ0n) is 10.8. The maximum absolute atomic E-state index is 12.2. The Morgan fingerprint density at radius 2 is 2.11 bits per heavy atom. The van der Waals surface area contributed by atoms with Crippen LogP contribution in [0.5, 0.6) is 0 Å². The van der Waals surface area contributed by atoms with Crippen LogP contribution >= 0.6 is 15.9 Å². The molecule has 0 spiro atoms. The van der Waals surface area contributed by atoms with Crippen molar-refractivity contribution in [2.24, 2.45) is 0 Å². The van der Waals surface area contributed by atoms with Crippen molar-refractivity contribution < 1.29 is 9.53 Å². The summed E-state index contributed by atoms with van der Waals surface area (Å²) in [7, 11) is 0. The summed E-state index contributed by atoms with van der Waals surface area (Å²) in [6.45, 7) is 5.61. The Morgan fingerprint density at radius 3 is 2.56 bits per heavy atom. The molecule has 1 heterocycles. The van der Waals surface area contributed by atoms with Crippen molar-refractivity contribution in [2.45, 2.75) is 45.3 Å². The van der Waals surface area contributed by atoms with E-state index in [2.05, 4.69) is 20.9 Å². The first-order chi connectivity index (χ1) is 8.37. The number of halogens is 1. The van der Waals surface area contributed by atoms with E-state index in [0.29, 0.717) is 0 Å². The van der Waals surface area contributed by atoms with E-state index in [-0.39, 0.29) is 12.1 Å². The number of ether oxygens (including phenoxy) is 1. The van der Waals surface area contributed by atoms with E-state index in [0.717, 1.165) is 23.1 Å². The summed E-state index contributed by atoms with van der Waals surface area (Å²) in [5.41, 5.74) is 0.308. The van der Waals surface area contributed by atoms with Crippen LogP contribution < -0.4 is 4.90 Å². The average molecular weight is 313 g/mol. The first-order valence-electron chi connectivity index (χ1n) is 6.00. The number of pyridine rings is 1. The minimum Gasteiger partial charge on any atom is -0.443 e. The maximum Gasteiger partial charge on any atom is 0.415 e. The number of hydrogen-bond acceptors (Lipinski definition) is 3. The molecule has 4 nitrogen and oxygen atoms in total. The molecule has 1 fully saturated rings. The molecule has 2 rings (SSSR count). The van der Waals surface area contributed by atoms with Gasteiger partial charge < -0.3 is 4.74 Å². The molecular formula is C13H17BrN2O2. The Hall–Kier alpha value is -1.10. The second kappa shape index (κ2) is 4.88. The summed E-state index contributed by atoms with van der Waals surface area (Å²) in [6, 6.07) is 3.96. The Balaban J connectivity index is 2.18. The van der Waals surface area contributed by atoms with Gasteiger partial charge in [0.25, 0.3) is 0 Å². The lowest BCUT2D eigenvalue weighted by atomic mass is 10.2. The van der Waals surface area contributed by atoms with E-state index in [1.165, 1.54) is 0 Å². The fourth-order valence-corrected chi connectivity index (χ4v) is 1.85. The molecule has 1 aromatic heterocycles. The molecular weight excluding hydrogens is 296 g/mol. The van der Waals surface area contributed by atoms with Gasteiger partial charge >= 0.3 is 6.09 Å². The minimum absolute atomic E-state index is 0.253. The normalized spacial score (nSPS) is 15.3. The largest absolute Gasteiger partial charge is 0.443 e. The molecule has 0 atom stereocenters. The van der Waals surface area contributed by atoms with Crippen molar-refractivity contribution in [1.82, 2.24) is 4.98 Å². The first kappa shape index (κ1) is 13.3. The van der Waals surface area contributed by atoms with Crippen molar-refractivity contribution in [1.29, 1.82) is 0 Å². The molecule has 0 unspecified atom stereocenters. The Kier molecular flexibility index (Phi) is 3.61. The molecule has 98 valence electrons. The second-order valence-corrected chi connectivity index (χ2v) is 6.23. The highest BCUT2D eigenvalue weighted by atomic mass is 79.9. The lowest BCUT2D eigenvalue weighted by molar-refractivity contribution is 0.0577. The highest BCUT2D eigenvalue weighted by molar-refractivity contribution is 9.10. The van der Waals surface area contributed by atoms with Gasteiger partial charge in [-0.1, -0.05) is 0 Å². The van der Waals surface area contributed by atoms with Crippen LogP contribution in [0.15, 0.2) is 22.9 Å².